The molecule has 0 aliphatic heterocycles. The minimum absolute atomic E-state index is 0.214. The minimum Gasteiger partial charge on any atom is -0.497 e. The van der Waals surface area contributed by atoms with Crippen molar-refractivity contribution in [2.24, 2.45) is 0 Å². The van der Waals surface area contributed by atoms with Crippen LogP contribution in [-0.2, 0) is 16.6 Å². The summed E-state index contributed by atoms with van der Waals surface area (Å²) in [7, 11) is -2.02. The Balaban J connectivity index is 1.69. The molecule has 0 spiro atoms. The summed E-state index contributed by atoms with van der Waals surface area (Å²) in [6, 6.07) is 8.38. The van der Waals surface area contributed by atoms with Crippen LogP contribution >= 0.6 is 11.3 Å². The Morgan fingerprint density at radius 1 is 1.19 bits per heavy atom. The average Bonchev–Trinajstić information content (AvgIpc) is 3.23. The van der Waals surface area contributed by atoms with Crippen molar-refractivity contribution in [2.45, 2.75) is 25.3 Å². The first-order chi connectivity index (χ1) is 12.4. The second kappa shape index (κ2) is 7.61. The second-order valence-electron chi connectivity index (χ2n) is 5.85. The molecule has 3 rings (SSSR count). The zero-order valence-corrected chi connectivity index (χ0v) is 16.5. The Morgan fingerprint density at radius 2 is 1.92 bits per heavy atom. The highest BCUT2D eigenvalue weighted by Gasteiger charge is 2.16. The van der Waals surface area contributed by atoms with Crippen LogP contribution in [0.3, 0.4) is 0 Å². The van der Waals surface area contributed by atoms with Gasteiger partial charge in [-0.05, 0) is 60.5 Å². The normalized spacial score (nSPS) is 11.7. The number of hydrogen-bond donors (Lipinski definition) is 1. The number of thiophene rings is 1. The van der Waals surface area contributed by atoms with Crippen molar-refractivity contribution >= 4 is 21.4 Å². The number of sulfonamides is 1. The van der Waals surface area contributed by atoms with Gasteiger partial charge < -0.3 is 4.74 Å². The van der Waals surface area contributed by atoms with Crippen molar-refractivity contribution in [3.8, 4) is 16.9 Å². The first kappa shape index (κ1) is 18.6. The second-order valence-corrected chi connectivity index (χ2v) is 8.40. The Labute approximate surface area is 157 Å². The van der Waals surface area contributed by atoms with E-state index in [-0.39, 0.29) is 11.4 Å². The third-order valence-corrected chi connectivity index (χ3v) is 6.34. The van der Waals surface area contributed by atoms with Crippen molar-refractivity contribution in [1.82, 2.24) is 14.5 Å². The van der Waals surface area contributed by atoms with E-state index in [1.807, 2.05) is 23.9 Å². The van der Waals surface area contributed by atoms with Crippen LogP contribution in [0.25, 0.3) is 11.1 Å². The largest absolute Gasteiger partial charge is 0.497 e. The molecule has 0 atom stereocenters. The van der Waals surface area contributed by atoms with Crippen LogP contribution in [0.15, 0.2) is 46.0 Å². The van der Waals surface area contributed by atoms with Gasteiger partial charge >= 0.3 is 0 Å². The third-order valence-electron chi connectivity index (χ3n) is 4.18. The third kappa shape index (κ3) is 3.82. The van der Waals surface area contributed by atoms with Gasteiger partial charge in [-0.2, -0.15) is 16.4 Å². The van der Waals surface area contributed by atoms with Gasteiger partial charge in [-0.3, -0.25) is 4.68 Å². The molecule has 0 fully saturated rings. The smallest absolute Gasteiger partial charge is 0.240 e. The average molecular weight is 392 g/mol. The van der Waals surface area contributed by atoms with Crippen molar-refractivity contribution in [3.05, 3.63) is 52.5 Å². The monoisotopic (exact) mass is 391 g/mol. The fourth-order valence-electron chi connectivity index (χ4n) is 2.86. The van der Waals surface area contributed by atoms with Crippen LogP contribution in [0.4, 0.5) is 0 Å². The van der Waals surface area contributed by atoms with E-state index in [1.165, 1.54) is 12.1 Å². The molecule has 0 radical (unpaired) electrons. The highest BCUT2D eigenvalue weighted by Crippen LogP contribution is 2.28. The van der Waals surface area contributed by atoms with Crippen LogP contribution in [0.1, 0.15) is 11.4 Å². The van der Waals surface area contributed by atoms with Crippen LogP contribution in [0.2, 0.25) is 0 Å². The lowest BCUT2D eigenvalue weighted by molar-refractivity contribution is 0.414. The van der Waals surface area contributed by atoms with E-state index >= 15 is 0 Å². The number of ether oxygens (including phenoxy) is 1. The van der Waals surface area contributed by atoms with Crippen molar-refractivity contribution < 1.29 is 13.2 Å². The van der Waals surface area contributed by atoms with E-state index in [9.17, 15) is 8.42 Å². The topological polar surface area (TPSA) is 73.2 Å². The summed E-state index contributed by atoms with van der Waals surface area (Å²) in [5.74, 6) is 0.618. The number of nitrogens with zero attached hydrogens (tertiary/aromatic N) is 2. The molecule has 0 bridgehead atoms. The van der Waals surface area contributed by atoms with Crippen LogP contribution in [-0.4, -0.2) is 31.9 Å². The number of aryl methyl sites for hydroxylation is 1. The Morgan fingerprint density at radius 3 is 2.54 bits per heavy atom. The van der Waals surface area contributed by atoms with Crippen molar-refractivity contribution in [2.75, 3.05) is 13.7 Å². The highest BCUT2D eigenvalue weighted by molar-refractivity contribution is 7.89. The summed E-state index contributed by atoms with van der Waals surface area (Å²) in [6.45, 7) is 4.70. The lowest BCUT2D eigenvalue weighted by Gasteiger charge is -2.09. The molecule has 138 valence electrons. The van der Waals surface area contributed by atoms with Crippen LogP contribution in [0, 0.1) is 13.8 Å². The quantitative estimate of drug-likeness (QED) is 0.671. The summed E-state index contributed by atoms with van der Waals surface area (Å²) in [5, 5.41) is 8.68. The maximum absolute atomic E-state index is 12.4. The van der Waals surface area contributed by atoms with Gasteiger partial charge in [0.05, 0.1) is 24.2 Å². The molecule has 0 saturated heterocycles. The molecular formula is C18H21N3O3S2. The fraction of sp³-hybridized carbons (Fsp3) is 0.278. The molecule has 2 heterocycles. The van der Waals surface area contributed by atoms with E-state index in [0.29, 0.717) is 12.3 Å². The number of nitrogens with one attached hydrogen (secondary N) is 1. The van der Waals surface area contributed by atoms with Gasteiger partial charge in [0.1, 0.15) is 5.75 Å². The Bertz CT molecular complexity index is 976. The maximum atomic E-state index is 12.4. The van der Waals surface area contributed by atoms with Crippen LogP contribution < -0.4 is 9.46 Å². The molecule has 1 N–H and O–H groups in total. The maximum Gasteiger partial charge on any atom is 0.240 e. The summed E-state index contributed by atoms with van der Waals surface area (Å²) in [6.07, 6.45) is 0. The molecule has 2 aromatic heterocycles. The number of rotatable bonds is 7. The standard InChI is InChI=1S/C18H21N3O3S2/c1-13-18(15-8-11-25-12-15)14(2)21(20-13)10-9-19-26(22,23)17-6-4-16(24-3)5-7-17/h4-8,11-12,19H,9-10H2,1-3H3. The number of benzene rings is 1. The number of aromatic nitrogens is 2. The SMILES string of the molecule is COc1ccc(S(=O)(=O)NCCn2nc(C)c(-c3ccsc3)c2C)cc1. The predicted octanol–water partition coefficient (Wildman–Crippen LogP) is 3.22. The van der Waals surface area contributed by atoms with Crippen LogP contribution in [0.5, 0.6) is 5.75 Å². The summed E-state index contributed by atoms with van der Waals surface area (Å²) in [5.41, 5.74) is 4.24. The van der Waals surface area contributed by atoms with E-state index in [4.69, 9.17) is 4.74 Å². The van der Waals surface area contributed by atoms with Gasteiger partial charge in [-0.15, -0.1) is 0 Å². The zero-order valence-electron chi connectivity index (χ0n) is 14.9. The van der Waals surface area contributed by atoms with Crippen molar-refractivity contribution in [1.29, 1.82) is 0 Å². The van der Waals surface area contributed by atoms with Gasteiger partial charge in [0.25, 0.3) is 0 Å². The van der Waals surface area contributed by atoms with E-state index < -0.39 is 10.0 Å². The molecule has 0 unspecified atom stereocenters. The highest BCUT2D eigenvalue weighted by atomic mass is 32.2. The summed E-state index contributed by atoms with van der Waals surface area (Å²) >= 11 is 1.64. The molecule has 6 nitrogen and oxygen atoms in total. The number of hydrogen-bond acceptors (Lipinski definition) is 5. The van der Waals surface area contributed by atoms with Gasteiger partial charge in [0.2, 0.25) is 10.0 Å². The minimum atomic E-state index is -3.56. The van der Waals surface area contributed by atoms with Gasteiger partial charge in [-0.25, -0.2) is 13.1 Å². The van der Waals surface area contributed by atoms with Gasteiger partial charge in [-0.1, -0.05) is 0 Å². The Hall–Kier alpha value is -2.16. The van der Waals surface area contributed by atoms with Gasteiger partial charge in [0.15, 0.2) is 0 Å². The van der Waals surface area contributed by atoms with E-state index in [0.717, 1.165) is 22.5 Å². The first-order valence-corrected chi connectivity index (χ1v) is 10.6. The molecule has 8 heteroatoms. The molecule has 0 saturated carbocycles. The lowest BCUT2D eigenvalue weighted by atomic mass is 10.1. The summed E-state index contributed by atoms with van der Waals surface area (Å²) in [4.78, 5) is 0.214. The zero-order chi connectivity index (χ0) is 18.7. The molecular weight excluding hydrogens is 370 g/mol. The molecule has 26 heavy (non-hydrogen) atoms. The first-order valence-electron chi connectivity index (χ1n) is 8.12. The molecule has 0 aliphatic carbocycles. The van der Waals surface area contributed by atoms with E-state index in [2.05, 4.69) is 21.3 Å². The Kier molecular flexibility index (Phi) is 5.45. The van der Waals surface area contributed by atoms with E-state index in [1.54, 1.807) is 30.6 Å². The van der Waals surface area contributed by atoms with Gasteiger partial charge in [0, 0.05) is 17.8 Å². The summed E-state index contributed by atoms with van der Waals surface area (Å²) < 4.78 is 34.3. The molecule has 0 aliphatic rings. The lowest BCUT2D eigenvalue weighted by Crippen LogP contribution is -2.28. The predicted molar refractivity (Wildman–Crippen MR) is 103 cm³/mol. The van der Waals surface area contributed by atoms with Crippen molar-refractivity contribution in [3.63, 3.8) is 0 Å². The number of methoxy groups -OCH3 is 1. The fourth-order valence-corrected chi connectivity index (χ4v) is 4.53. The molecule has 3 aromatic rings. The molecule has 0 amide bonds. The molecule has 1 aromatic carbocycles.